The molecule has 0 unspecified atom stereocenters. The summed E-state index contributed by atoms with van der Waals surface area (Å²) in [6.45, 7) is 4.00. The molecule has 0 amide bonds. The Hall–Kier alpha value is -3.08. The van der Waals surface area contributed by atoms with Crippen molar-refractivity contribution in [3.8, 4) is 5.75 Å². The predicted molar refractivity (Wildman–Crippen MR) is 97.5 cm³/mol. The van der Waals surface area contributed by atoms with Gasteiger partial charge in [0, 0.05) is 29.2 Å². The third-order valence-corrected chi connectivity index (χ3v) is 3.47. The van der Waals surface area contributed by atoms with Crippen LogP contribution in [0.2, 0.25) is 0 Å². The van der Waals surface area contributed by atoms with Gasteiger partial charge in [-0.25, -0.2) is 4.98 Å². The van der Waals surface area contributed by atoms with Crippen molar-refractivity contribution in [2.24, 2.45) is 0 Å². The molecule has 0 atom stereocenters. The van der Waals surface area contributed by atoms with Crippen molar-refractivity contribution in [1.82, 2.24) is 9.97 Å². The molecule has 5 nitrogen and oxygen atoms in total. The van der Waals surface area contributed by atoms with E-state index >= 15 is 0 Å². The average molecular weight is 320 g/mol. The molecule has 0 aliphatic heterocycles. The SMILES string of the molecule is COc1cccc(Nc2cc(C)nc(Nc3cccc(C)c3)n2)c1. The van der Waals surface area contributed by atoms with Crippen LogP contribution in [-0.4, -0.2) is 17.1 Å². The number of benzene rings is 2. The Bertz CT molecular complexity index is 848. The van der Waals surface area contributed by atoms with E-state index in [4.69, 9.17) is 4.74 Å². The first-order valence-electron chi connectivity index (χ1n) is 7.73. The summed E-state index contributed by atoms with van der Waals surface area (Å²) < 4.78 is 5.25. The largest absolute Gasteiger partial charge is 0.497 e. The summed E-state index contributed by atoms with van der Waals surface area (Å²) in [5.41, 5.74) is 3.94. The maximum atomic E-state index is 5.25. The summed E-state index contributed by atoms with van der Waals surface area (Å²) in [6, 6.07) is 17.7. The number of aryl methyl sites for hydroxylation is 2. The standard InChI is InChI=1S/C19H20N4O/c1-13-6-4-7-15(10-13)22-19-20-14(2)11-18(23-19)21-16-8-5-9-17(12-16)24-3/h4-12H,1-3H3,(H2,20,21,22,23). The highest BCUT2D eigenvalue weighted by Crippen LogP contribution is 2.22. The zero-order chi connectivity index (χ0) is 16.9. The Morgan fingerprint density at radius 2 is 1.58 bits per heavy atom. The van der Waals surface area contributed by atoms with Crippen molar-refractivity contribution < 1.29 is 4.74 Å². The molecular weight excluding hydrogens is 300 g/mol. The fraction of sp³-hybridized carbons (Fsp3) is 0.158. The van der Waals surface area contributed by atoms with Gasteiger partial charge in [0.25, 0.3) is 0 Å². The van der Waals surface area contributed by atoms with Crippen molar-refractivity contribution in [3.63, 3.8) is 0 Å². The molecule has 0 aliphatic carbocycles. The lowest BCUT2D eigenvalue weighted by molar-refractivity contribution is 0.415. The molecule has 0 fully saturated rings. The fourth-order valence-corrected chi connectivity index (χ4v) is 2.39. The van der Waals surface area contributed by atoms with Gasteiger partial charge in [-0.05, 0) is 43.7 Å². The van der Waals surface area contributed by atoms with E-state index in [0.717, 1.165) is 28.6 Å². The number of anilines is 4. The smallest absolute Gasteiger partial charge is 0.229 e. The normalized spacial score (nSPS) is 10.3. The molecule has 3 aromatic rings. The minimum absolute atomic E-state index is 0.561. The summed E-state index contributed by atoms with van der Waals surface area (Å²) in [7, 11) is 1.65. The van der Waals surface area contributed by atoms with Crippen LogP contribution < -0.4 is 15.4 Å². The highest BCUT2D eigenvalue weighted by atomic mass is 16.5. The molecule has 122 valence electrons. The number of methoxy groups -OCH3 is 1. The number of rotatable bonds is 5. The molecular formula is C19H20N4O. The van der Waals surface area contributed by atoms with E-state index in [1.807, 2.05) is 49.4 Å². The average Bonchev–Trinajstić information content (AvgIpc) is 2.54. The summed E-state index contributed by atoms with van der Waals surface area (Å²) in [4.78, 5) is 8.98. The van der Waals surface area contributed by atoms with E-state index < -0.39 is 0 Å². The van der Waals surface area contributed by atoms with Crippen LogP contribution in [0.15, 0.2) is 54.6 Å². The Balaban J connectivity index is 1.83. The molecule has 0 aliphatic rings. The summed E-state index contributed by atoms with van der Waals surface area (Å²) in [5, 5.41) is 6.53. The first-order chi connectivity index (χ1) is 11.6. The molecule has 24 heavy (non-hydrogen) atoms. The lowest BCUT2D eigenvalue weighted by Gasteiger charge is -2.11. The van der Waals surface area contributed by atoms with E-state index in [0.29, 0.717) is 5.95 Å². The van der Waals surface area contributed by atoms with Gasteiger partial charge in [-0.1, -0.05) is 18.2 Å². The van der Waals surface area contributed by atoms with E-state index in [-0.39, 0.29) is 0 Å². The van der Waals surface area contributed by atoms with Gasteiger partial charge in [-0.2, -0.15) is 4.98 Å². The lowest BCUT2D eigenvalue weighted by atomic mass is 10.2. The van der Waals surface area contributed by atoms with Gasteiger partial charge in [-0.15, -0.1) is 0 Å². The van der Waals surface area contributed by atoms with Gasteiger partial charge < -0.3 is 15.4 Å². The zero-order valence-corrected chi connectivity index (χ0v) is 14.0. The fourth-order valence-electron chi connectivity index (χ4n) is 2.39. The minimum atomic E-state index is 0.561. The zero-order valence-electron chi connectivity index (χ0n) is 14.0. The monoisotopic (exact) mass is 320 g/mol. The quantitative estimate of drug-likeness (QED) is 0.720. The lowest BCUT2D eigenvalue weighted by Crippen LogP contribution is -2.02. The number of hydrogen-bond acceptors (Lipinski definition) is 5. The molecule has 0 radical (unpaired) electrons. The van der Waals surface area contributed by atoms with Crippen molar-refractivity contribution >= 4 is 23.1 Å². The molecule has 5 heteroatoms. The molecule has 2 N–H and O–H groups in total. The maximum absolute atomic E-state index is 5.25. The number of aromatic nitrogens is 2. The predicted octanol–water partition coefficient (Wildman–Crippen LogP) is 4.59. The van der Waals surface area contributed by atoms with E-state index in [2.05, 4.69) is 39.7 Å². The number of ether oxygens (including phenoxy) is 1. The number of nitrogens with one attached hydrogen (secondary N) is 2. The van der Waals surface area contributed by atoms with Gasteiger partial charge in [0.2, 0.25) is 5.95 Å². The van der Waals surface area contributed by atoms with Gasteiger partial charge in [0.15, 0.2) is 0 Å². The van der Waals surface area contributed by atoms with Crippen LogP contribution in [0, 0.1) is 13.8 Å². The summed E-state index contributed by atoms with van der Waals surface area (Å²) >= 11 is 0. The second kappa shape index (κ2) is 7.00. The molecule has 1 heterocycles. The first-order valence-corrected chi connectivity index (χ1v) is 7.73. The van der Waals surface area contributed by atoms with Crippen LogP contribution in [0.1, 0.15) is 11.3 Å². The van der Waals surface area contributed by atoms with Crippen LogP contribution >= 0.6 is 0 Å². The third kappa shape index (κ3) is 4.01. The molecule has 0 spiro atoms. The Labute approximate surface area is 141 Å². The Morgan fingerprint density at radius 1 is 0.833 bits per heavy atom. The Morgan fingerprint density at radius 3 is 2.33 bits per heavy atom. The van der Waals surface area contributed by atoms with Gasteiger partial charge in [0.1, 0.15) is 11.6 Å². The van der Waals surface area contributed by atoms with Crippen LogP contribution in [-0.2, 0) is 0 Å². The molecule has 0 saturated carbocycles. The van der Waals surface area contributed by atoms with E-state index in [1.54, 1.807) is 7.11 Å². The van der Waals surface area contributed by atoms with Crippen molar-refractivity contribution in [3.05, 3.63) is 65.9 Å². The highest BCUT2D eigenvalue weighted by molar-refractivity contribution is 5.61. The molecule has 0 bridgehead atoms. The van der Waals surface area contributed by atoms with Crippen molar-refractivity contribution in [2.45, 2.75) is 13.8 Å². The van der Waals surface area contributed by atoms with Gasteiger partial charge in [0.05, 0.1) is 7.11 Å². The summed E-state index contributed by atoms with van der Waals surface area (Å²) in [5.74, 6) is 2.08. The van der Waals surface area contributed by atoms with Gasteiger partial charge in [-0.3, -0.25) is 0 Å². The highest BCUT2D eigenvalue weighted by Gasteiger charge is 2.04. The van der Waals surface area contributed by atoms with Crippen LogP contribution in [0.5, 0.6) is 5.75 Å². The second-order valence-electron chi connectivity index (χ2n) is 5.57. The topological polar surface area (TPSA) is 59.1 Å². The van der Waals surface area contributed by atoms with Crippen LogP contribution in [0.4, 0.5) is 23.1 Å². The maximum Gasteiger partial charge on any atom is 0.229 e. The Kier molecular flexibility index (Phi) is 4.61. The molecule has 1 aromatic heterocycles. The molecule has 3 rings (SSSR count). The van der Waals surface area contributed by atoms with E-state index in [1.165, 1.54) is 5.56 Å². The number of hydrogen-bond donors (Lipinski definition) is 2. The summed E-state index contributed by atoms with van der Waals surface area (Å²) in [6.07, 6.45) is 0. The van der Waals surface area contributed by atoms with Crippen molar-refractivity contribution in [1.29, 1.82) is 0 Å². The third-order valence-electron chi connectivity index (χ3n) is 3.47. The minimum Gasteiger partial charge on any atom is -0.497 e. The van der Waals surface area contributed by atoms with Crippen LogP contribution in [0.25, 0.3) is 0 Å². The van der Waals surface area contributed by atoms with E-state index in [9.17, 15) is 0 Å². The van der Waals surface area contributed by atoms with Crippen molar-refractivity contribution in [2.75, 3.05) is 17.7 Å². The molecule has 2 aromatic carbocycles. The second-order valence-corrected chi connectivity index (χ2v) is 5.57. The molecule has 0 saturated heterocycles. The van der Waals surface area contributed by atoms with Gasteiger partial charge >= 0.3 is 0 Å². The first kappa shape index (κ1) is 15.8. The van der Waals surface area contributed by atoms with Crippen LogP contribution in [0.3, 0.4) is 0 Å². The number of nitrogens with zero attached hydrogens (tertiary/aromatic N) is 2.